The van der Waals surface area contributed by atoms with Crippen LogP contribution >= 0.6 is 0 Å². The molecule has 0 saturated carbocycles. The summed E-state index contributed by atoms with van der Waals surface area (Å²) in [5.74, 6) is -0.749. The fourth-order valence-corrected chi connectivity index (χ4v) is 4.11. The van der Waals surface area contributed by atoms with E-state index in [-0.39, 0.29) is 17.7 Å². The van der Waals surface area contributed by atoms with Crippen molar-refractivity contribution in [2.24, 2.45) is 0 Å². The predicted molar refractivity (Wildman–Crippen MR) is 89.1 cm³/mol. The zero-order valence-electron chi connectivity index (χ0n) is 15.6. The van der Waals surface area contributed by atoms with Gasteiger partial charge < -0.3 is 28.7 Å². The third-order valence-corrected chi connectivity index (χ3v) is 10.1. The topological polar surface area (TPSA) is 75.2 Å². The van der Waals surface area contributed by atoms with Gasteiger partial charge in [-0.25, -0.2) is 4.79 Å². The number of hydrogen-bond donors (Lipinski definition) is 1. The number of carbonyl (C=O) groups is 1. The Morgan fingerprint density at radius 2 is 1.96 bits per heavy atom. The number of hydrogen-bond acceptors (Lipinski definition) is 6. The molecule has 0 bridgehead atoms. The quantitative estimate of drug-likeness (QED) is 0.780. The maximum absolute atomic E-state index is 11.7. The second-order valence-corrected chi connectivity index (χ2v) is 13.7. The molecule has 3 heterocycles. The standard InChI is InChI=1S/C16H29NO6Si/c1-14(2,3)24(6,7)20-8-10-16(9-19-13(18)17-16)11-12(21-10)23-15(4,5)22-11/h10-12H,8-9H2,1-7H3,(H,17,18)/t10-,11+,12-,16+/m1/s1. The van der Waals surface area contributed by atoms with Gasteiger partial charge in [0.2, 0.25) is 0 Å². The van der Waals surface area contributed by atoms with Crippen LogP contribution in [0, 0.1) is 0 Å². The van der Waals surface area contributed by atoms with E-state index in [2.05, 4.69) is 39.2 Å². The van der Waals surface area contributed by atoms with E-state index >= 15 is 0 Å². The highest BCUT2D eigenvalue weighted by molar-refractivity contribution is 6.74. The van der Waals surface area contributed by atoms with Crippen molar-refractivity contribution in [1.82, 2.24) is 5.32 Å². The highest BCUT2D eigenvalue weighted by Gasteiger charge is 2.67. The van der Waals surface area contributed by atoms with Crippen molar-refractivity contribution < 1.29 is 28.2 Å². The van der Waals surface area contributed by atoms with Crippen LogP contribution in [-0.2, 0) is 23.4 Å². The molecular formula is C16H29NO6Si. The van der Waals surface area contributed by atoms with E-state index in [1.54, 1.807) is 0 Å². The molecule has 138 valence electrons. The van der Waals surface area contributed by atoms with Gasteiger partial charge in [0.25, 0.3) is 0 Å². The maximum atomic E-state index is 11.7. The predicted octanol–water partition coefficient (Wildman–Crippen LogP) is 2.36. The van der Waals surface area contributed by atoms with Crippen LogP contribution in [-0.4, -0.2) is 57.4 Å². The molecule has 3 aliphatic rings. The van der Waals surface area contributed by atoms with Crippen LogP contribution in [0.2, 0.25) is 18.1 Å². The molecule has 1 spiro atoms. The largest absolute Gasteiger partial charge is 0.447 e. The minimum absolute atomic E-state index is 0.0963. The van der Waals surface area contributed by atoms with Gasteiger partial charge in [0.05, 0.1) is 6.61 Å². The highest BCUT2D eigenvalue weighted by Crippen LogP contribution is 2.45. The Labute approximate surface area is 144 Å². The minimum Gasteiger partial charge on any atom is -0.447 e. The van der Waals surface area contributed by atoms with Gasteiger partial charge in [-0.3, -0.25) is 0 Å². The molecule has 4 atom stereocenters. The monoisotopic (exact) mass is 359 g/mol. The lowest BCUT2D eigenvalue weighted by Crippen LogP contribution is -2.60. The van der Waals surface area contributed by atoms with Gasteiger partial charge in [0.15, 0.2) is 20.4 Å². The molecule has 1 N–H and O–H groups in total. The van der Waals surface area contributed by atoms with Gasteiger partial charge in [0, 0.05) is 0 Å². The van der Waals surface area contributed by atoms with Gasteiger partial charge in [0.1, 0.15) is 24.4 Å². The van der Waals surface area contributed by atoms with Crippen molar-refractivity contribution in [2.75, 3.05) is 13.2 Å². The number of fused-ring (bicyclic) bond motifs is 2. The van der Waals surface area contributed by atoms with Crippen molar-refractivity contribution in [1.29, 1.82) is 0 Å². The summed E-state index contributed by atoms with van der Waals surface area (Å²) in [7, 11) is -1.94. The number of alkyl carbamates (subject to hydrolysis) is 1. The minimum atomic E-state index is -1.94. The lowest BCUT2D eigenvalue weighted by Gasteiger charge is -2.39. The Hall–Kier alpha value is -0.673. The van der Waals surface area contributed by atoms with E-state index in [1.807, 2.05) is 13.8 Å². The average Bonchev–Trinajstić information content (AvgIpc) is 3.01. The summed E-state index contributed by atoms with van der Waals surface area (Å²) in [5.41, 5.74) is -0.766. The first kappa shape index (κ1) is 18.1. The Bertz CT molecular complexity index is 531. The van der Waals surface area contributed by atoms with Crippen molar-refractivity contribution in [3.8, 4) is 0 Å². The molecule has 3 rings (SSSR count). The molecule has 0 aromatic carbocycles. The molecule has 0 aromatic rings. The highest BCUT2D eigenvalue weighted by atomic mass is 28.4. The Morgan fingerprint density at radius 3 is 2.50 bits per heavy atom. The lowest BCUT2D eigenvalue weighted by atomic mass is 9.90. The summed E-state index contributed by atoms with van der Waals surface area (Å²) < 4.78 is 29.4. The van der Waals surface area contributed by atoms with Gasteiger partial charge in [-0.15, -0.1) is 0 Å². The molecule has 24 heavy (non-hydrogen) atoms. The number of cyclic esters (lactones) is 1. The molecule has 1 amide bonds. The third-order valence-electron chi connectivity index (χ3n) is 5.62. The van der Waals surface area contributed by atoms with Crippen LogP contribution in [0.5, 0.6) is 0 Å². The summed E-state index contributed by atoms with van der Waals surface area (Å²) in [5, 5.41) is 3.00. The molecule has 8 heteroatoms. The van der Waals surface area contributed by atoms with Crippen LogP contribution in [0.25, 0.3) is 0 Å². The first-order valence-electron chi connectivity index (χ1n) is 8.46. The van der Waals surface area contributed by atoms with Crippen molar-refractivity contribution >= 4 is 14.4 Å². The van der Waals surface area contributed by atoms with E-state index in [0.29, 0.717) is 6.61 Å². The van der Waals surface area contributed by atoms with Crippen LogP contribution in [0.1, 0.15) is 34.6 Å². The number of ether oxygens (including phenoxy) is 4. The van der Waals surface area contributed by atoms with Crippen LogP contribution in [0.15, 0.2) is 0 Å². The normalized spacial score (nSPS) is 38.3. The van der Waals surface area contributed by atoms with Gasteiger partial charge >= 0.3 is 6.09 Å². The van der Waals surface area contributed by atoms with E-state index in [9.17, 15) is 4.79 Å². The zero-order chi connectivity index (χ0) is 18.0. The summed E-state index contributed by atoms with van der Waals surface area (Å²) >= 11 is 0. The van der Waals surface area contributed by atoms with Gasteiger partial charge in [-0.05, 0) is 32.0 Å². The summed E-state index contributed by atoms with van der Waals surface area (Å²) in [6.45, 7) is 15.2. The van der Waals surface area contributed by atoms with E-state index < -0.39 is 38.1 Å². The molecular weight excluding hydrogens is 330 g/mol. The summed E-state index contributed by atoms with van der Waals surface area (Å²) in [6, 6.07) is 0. The fraction of sp³-hybridized carbons (Fsp3) is 0.938. The number of carbonyl (C=O) groups excluding carboxylic acids is 1. The second kappa shape index (κ2) is 5.41. The van der Waals surface area contributed by atoms with Crippen LogP contribution < -0.4 is 5.32 Å². The van der Waals surface area contributed by atoms with E-state index in [1.165, 1.54) is 0 Å². The smallest absolute Gasteiger partial charge is 0.407 e. The van der Waals surface area contributed by atoms with Crippen molar-refractivity contribution in [3.63, 3.8) is 0 Å². The molecule has 7 nitrogen and oxygen atoms in total. The van der Waals surface area contributed by atoms with E-state index in [0.717, 1.165) is 0 Å². The molecule has 3 fully saturated rings. The van der Waals surface area contributed by atoms with Gasteiger partial charge in [-0.1, -0.05) is 20.8 Å². The SMILES string of the molecule is CC1(C)O[C@H]2O[C@H](CO[Si](C)(C)C(C)(C)C)[C@@]3(COC(=O)N3)[C@H]2O1. The van der Waals surface area contributed by atoms with Crippen molar-refractivity contribution in [2.45, 2.75) is 82.6 Å². The fourth-order valence-electron chi connectivity index (χ4n) is 3.11. The Balaban J connectivity index is 1.78. The number of rotatable bonds is 3. The number of nitrogens with one attached hydrogen (secondary N) is 1. The summed E-state index contributed by atoms with van der Waals surface area (Å²) in [4.78, 5) is 11.7. The summed E-state index contributed by atoms with van der Waals surface area (Å²) in [6.07, 6.45) is -1.77. The molecule has 0 aromatic heterocycles. The van der Waals surface area contributed by atoms with E-state index in [4.69, 9.17) is 23.4 Å². The second-order valence-electron chi connectivity index (χ2n) is 8.86. The first-order valence-corrected chi connectivity index (χ1v) is 11.4. The Kier molecular flexibility index (Phi) is 4.09. The third kappa shape index (κ3) is 2.88. The van der Waals surface area contributed by atoms with Crippen LogP contribution in [0.4, 0.5) is 4.79 Å². The van der Waals surface area contributed by atoms with Crippen LogP contribution in [0.3, 0.4) is 0 Å². The lowest BCUT2D eigenvalue weighted by molar-refractivity contribution is -0.215. The zero-order valence-corrected chi connectivity index (χ0v) is 16.6. The number of amides is 1. The maximum Gasteiger partial charge on any atom is 0.407 e. The molecule has 0 unspecified atom stereocenters. The van der Waals surface area contributed by atoms with Crippen molar-refractivity contribution in [3.05, 3.63) is 0 Å². The molecule has 3 saturated heterocycles. The first-order chi connectivity index (χ1) is 10.9. The molecule has 0 aliphatic carbocycles. The van der Waals surface area contributed by atoms with Gasteiger partial charge in [-0.2, -0.15) is 0 Å². The molecule has 3 aliphatic heterocycles. The molecule has 0 radical (unpaired) electrons. The average molecular weight is 359 g/mol. The Morgan fingerprint density at radius 1 is 1.29 bits per heavy atom.